The van der Waals surface area contributed by atoms with Gasteiger partial charge in [-0.1, -0.05) is 25.1 Å². The van der Waals surface area contributed by atoms with Crippen molar-refractivity contribution in [3.05, 3.63) is 42.2 Å². The van der Waals surface area contributed by atoms with E-state index in [-0.39, 0.29) is 12.0 Å². The van der Waals surface area contributed by atoms with Gasteiger partial charge in [0.25, 0.3) is 5.91 Å². The number of carbonyl (C=O) groups excluding carboxylic acids is 1. The van der Waals surface area contributed by atoms with Gasteiger partial charge in [-0.2, -0.15) is 5.10 Å². The van der Waals surface area contributed by atoms with Crippen LogP contribution in [0.15, 0.2) is 36.5 Å². The van der Waals surface area contributed by atoms with Crippen LogP contribution < -0.4 is 4.74 Å². The Morgan fingerprint density at radius 2 is 2.00 bits per heavy atom. The topological polar surface area (TPSA) is 67.6 Å². The highest BCUT2D eigenvalue weighted by molar-refractivity contribution is 5.95. The zero-order valence-corrected chi connectivity index (χ0v) is 13.9. The van der Waals surface area contributed by atoms with Crippen molar-refractivity contribution in [3.8, 4) is 11.4 Å². The van der Waals surface area contributed by atoms with Crippen LogP contribution in [0.1, 0.15) is 36.7 Å². The minimum absolute atomic E-state index is 0.136. The summed E-state index contributed by atoms with van der Waals surface area (Å²) in [6, 6.07) is 9.66. The normalized spacial score (nSPS) is 15.5. The molecule has 1 aliphatic rings. The number of likely N-dealkylation sites (tertiary alicyclic amines) is 1. The van der Waals surface area contributed by atoms with E-state index < -0.39 is 0 Å². The molecule has 1 aliphatic heterocycles. The third-order valence-corrected chi connectivity index (χ3v) is 4.12. The molecule has 0 spiro atoms. The van der Waals surface area contributed by atoms with Gasteiger partial charge in [0, 0.05) is 13.1 Å². The number of hydrogen-bond donors (Lipinski definition) is 1. The fourth-order valence-corrected chi connectivity index (χ4v) is 2.76. The van der Waals surface area contributed by atoms with Gasteiger partial charge in [-0.3, -0.25) is 4.79 Å². The summed E-state index contributed by atoms with van der Waals surface area (Å²) in [5, 5.41) is 14.1. The number of para-hydroxylation sites is 1. The fourth-order valence-electron chi connectivity index (χ4n) is 2.76. The van der Waals surface area contributed by atoms with Crippen LogP contribution in [0, 0.1) is 0 Å². The monoisotopic (exact) mass is 329 g/mol. The number of amides is 1. The summed E-state index contributed by atoms with van der Waals surface area (Å²) in [6.45, 7) is 3.66. The number of hydrogen-bond acceptors (Lipinski definition) is 4. The molecule has 1 aromatic heterocycles. The molecule has 6 nitrogen and oxygen atoms in total. The zero-order chi connectivity index (χ0) is 16.9. The first-order valence-corrected chi connectivity index (χ1v) is 8.44. The molecule has 2 aromatic rings. The van der Waals surface area contributed by atoms with E-state index in [0.717, 1.165) is 12.1 Å². The Labute approximate surface area is 141 Å². The Balaban J connectivity index is 1.87. The van der Waals surface area contributed by atoms with Crippen molar-refractivity contribution in [2.24, 2.45) is 0 Å². The van der Waals surface area contributed by atoms with Gasteiger partial charge >= 0.3 is 0 Å². The molecule has 0 radical (unpaired) electrons. The van der Waals surface area contributed by atoms with Gasteiger partial charge < -0.3 is 14.7 Å². The van der Waals surface area contributed by atoms with Crippen molar-refractivity contribution >= 4 is 5.91 Å². The number of piperidine rings is 1. The molecule has 0 saturated carbocycles. The largest absolute Gasteiger partial charge is 0.489 e. The highest BCUT2D eigenvalue weighted by Gasteiger charge is 2.27. The molecule has 1 fully saturated rings. The Morgan fingerprint density at radius 3 is 2.67 bits per heavy atom. The molecular weight excluding hydrogens is 306 g/mol. The molecule has 1 N–H and O–H groups in total. The van der Waals surface area contributed by atoms with E-state index in [1.807, 2.05) is 37.3 Å². The maximum Gasteiger partial charge on any atom is 0.278 e. The average molecular weight is 329 g/mol. The molecule has 1 aromatic carbocycles. The molecule has 3 rings (SSSR count). The first-order chi connectivity index (χ1) is 11.7. The summed E-state index contributed by atoms with van der Waals surface area (Å²) in [5.41, 5.74) is 1.22. The number of ether oxygens (including phenoxy) is 1. The first kappa shape index (κ1) is 16.5. The lowest BCUT2D eigenvalue weighted by atomic mass is 10.1. The minimum Gasteiger partial charge on any atom is -0.489 e. The van der Waals surface area contributed by atoms with Gasteiger partial charge in [0.15, 0.2) is 11.4 Å². The van der Waals surface area contributed by atoms with E-state index in [4.69, 9.17) is 4.74 Å². The van der Waals surface area contributed by atoms with Crippen molar-refractivity contribution in [1.29, 1.82) is 0 Å². The number of benzene rings is 1. The number of nitrogens with zero attached hydrogens (tertiary/aromatic N) is 3. The van der Waals surface area contributed by atoms with Gasteiger partial charge in [-0.25, -0.2) is 4.68 Å². The van der Waals surface area contributed by atoms with Crippen LogP contribution in [-0.4, -0.2) is 51.5 Å². The van der Waals surface area contributed by atoms with Crippen molar-refractivity contribution in [1.82, 2.24) is 14.7 Å². The predicted octanol–water partition coefficient (Wildman–Crippen LogP) is 2.26. The summed E-state index contributed by atoms with van der Waals surface area (Å²) in [4.78, 5) is 14.6. The maximum absolute atomic E-state index is 12.8. The van der Waals surface area contributed by atoms with E-state index in [1.54, 1.807) is 15.8 Å². The van der Waals surface area contributed by atoms with E-state index in [0.29, 0.717) is 44.0 Å². The number of aliphatic hydroxyl groups excluding tert-OH is 1. The number of aromatic nitrogens is 2. The molecule has 0 atom stereocenters. The van der Waals surface area contributed by atoms with E-state index in [2.05, 4.69) is 5.10 Å². The van der Waals surface area contributed by atoms with Gasteiger partial charge in [0.2, 0.25) is 0 Å². The summed E-state index contributed by atoms with van der Waals surface area (Å²) >= 11 is 0. The summed E-state index contributed by atoms with van der Waals surface area (Å²) < 4.78 is 7.42. The summed E-state index contributed by atoms with van der Waals surface area (Å²) in [6.07, 6.45) is 3.52. The molecule has 0 aliphatic carbocycles. The first-order valence-electron chi connectivity index (χ1n) is 8.44. The molecule has 6 heteroatoms. The average Bonchev–Trinajstić information content (AvgIpc) is 3.05. The third kappa shape index (κ3) is 3.59. The summed E-state index contributed by atoms with van der Waals surface area (Å²) in [7, 11) is 0. The van der Waals surface area contributed by atoms with Gasteiger partial charge in [-0.15, -0.1) is 0 Å². The van der Waals surface area contributed by atoms with Crippen molar-refractivity contribution in [2.45, 2.75) is 32.3 Å². The van der Waals surface area contributed by atoms with Crippen molar-refractivity contribution < 1.29 is 14.6 Å². The molecule has 128 valence electrons. The summed E-state index contributed by atoms with van der Waals surface area (Å²) in [5.74, 6) is 0.375. The zero-order valence-electron chi connectivity index (χ0n) is 13.9. The fraction of sp³-hybridized carbons (Fsp3) is 0.444. The Hall–Kier alpha value is -2.34. The molecule has 1 amide bonds. The molecule has 2 heterocycles. The highest BCUT2D eigenvalue weighted by atomic mass is 16.5. The predicted molar refractivity (Wildman–Crippen MR) is 90.5 cm³/mol. The van der Waals surface area contributed by atoms with Crippen LogP contribution in [0.5, 0.6) is 5.75 Å². The van der Waals surface area contributed by atoms with Gasteiger partial charge in [-0.05, 0) is 31.4 Å². The number of aliphatic hydroxyl groups is 1. The highest BCUT2D eigenvalue weighted by Crippen LogP contribution is 2.23. The van der Waals surface area contributed by atoms with E-state index in [9.17, 15) is 9.90 Å². The Bertz CT molecular complexity index is 676. The molecule has 0 unspecified atom stereocenters. The quantitative estimate of drug-likeness (QED) is 0.914. The smallest absolute Gasteiger partial charge is 0.278 e. The second-order valence-corrected chi connectivity index (χ2v) is 5.99. The number of rotatable bonds is 5. The van der Waals surface area contributed by atoms with Crippen molar-refractivity contribution in [2.75, 3.05) is 19.7 Å². The lowest BCUT2D eigenvalue weighted by Crippen LogP contribution is -2.40. The number of carbonyl (C=O) groups is 1. The van der Waals surface area contributed by atoms with Crippen LogP contribution in [0.3, 0.4) is 0 Å². The SMILES string of the molecule is CCCOc1cn(-c2ccccc2)nc1C(=O)N1CCC(O)CC1. The van der Waals surface area contributed by atoms with E-state index >= 15 is 0 Å². The lowest BCUT2D eigenvalue weighted by Gasteiger charge is -2.29. The Kier molecular flexibility index (Phi) is 5.15. The standard InChI is InChI=1S/C18H23N3O3/c1-2-12-24-16-13-21(14-6-4-3-5-7-14)19-17(16)18(23)20-10-8-15(22)9-11-20/h3-7,13,15,22H,2,8-12H2,1H3. The Morgan fingerprint density at radius 1 is 1.29 bits per heavy atom. The molecular formula is C18H23N3O3. The van der Waals surface area contributed by atoms with Crippen LogP contribution in [0.2, 0.25) is 0 Å². The molecule has 0 bridgehead atoms. The second kappa shape index (κ2) is 7.49. The second-order valence-electron chi connectivity index (χ2n) is 5.99. The molecule has 1 saturated heterocycles. The minimum atomic E-state index is -0.313. The lowest BCUT2D eigenvalue weighted by molar-refractivity contribution is 0.0538. The third-order valence-electron chi connectivity index (χ3n) is 4.12. The van der Waals surface area contributed by atoms with Gasteiger partial charge in [0.1, 0.15) is 0 Å². The van der Waals surface area contributed by atoms with Gasteiger partial charge in [0.05, 0.1) is 24.6 Å². The maximum atomic E-state index is 12.8. The van der Waals surface area contributed by atoms with Crippen LogP contribution >= 0.6 is 0 Å². The van der Waals surface area contributed by atoms with Crippen LogP contribution in [0.4, 0.5) is 0 Å². The van der Waals surface area contributed by atoms with E-state index in [1.165, 1.54) is 0 Å². The van der Waals surface area contributed by atoms with Crippen LogP contribution in [-0.2, 0) is 0 Å². The van der Waals surface area contributed by atoms with Crippen molar-refractivity contribution in [3.63, 3.8) is 0 Å². The van der Waals surface area contributed by atoms with Crippen LogP contribution in [0.25, 0.3) is 5.69 Å². The molecule has 24 heavy (non-hydrogen) atoms.